The van der Waals surface area contributed by atoms with Gasteiger partial charge < -0.3 is 14.8 Å². The summed E-state index contributed by atoms with van der Waals surface area (Å²) >= 11 is 1.43. The van der Waals surface area contributed by atoms with Gasteiger partial charge in [0.25, 0.3) is 11.6 Å². The van der Waals surface area contributed by atoms with E-state index >= 15 is 0 Å². The summed E-state index contributed by atoms with van der Waals surface area (Å²) in [6.45, 7) is 4.21. The number of nitrogens with one attached hydrogen (secondary N) is 1. The Morgan fingerprint density at radius 3 is 2.32 bits per heavy atom. The number of carbonyl (C=O) groups excluding carboxylic acids is 1. The van der Waals surface area contributed by atoms with Crippen molar-refractivity contribution in [2.24, 2.45) is 5.92 Å². The van der Waals surface area contributed by atoms with Gasteiger partial charge in [0.2, 0.25) is 0 Å². The minimum Gasteiger partial charge on any atom is -0.497 e. The number of nitrogens with zero attached hydrogens (tertiary/aromatic N) is 1. The summed E-state index contributed by atoms with van der Waals surface area (Å²) in [6, 6.07) is 9.51. The number of anilines is 1. The number of nitro groups is 1. The van der Waals surface area contributed by atoms with E-state index in [1.54, 1.807) is 30.3 Å². The number of rotatable bonds is 9. The molecule has 0 aromatic heterocycles. The summed E-state index contributed by atoms with van der Waals surface area (Å²) < 4.78 is 10.4. The predicted octanol–water partition coefficient (Wildman–Crippen LogP) is 5.00. The van der Waals surface area contributed by atoms with Gasteiger partial charge in [-0.25, -0.2) is 0 Å². The Hall–Kier alpha value is -2.74. The summed E-state index contributed by atoms with van der Waals surface area (Å²) in [4.78, 5) is 24.1. The number of thioether (sulfide) groups is 1. The fraction of sp³-hybridized carbons (Fsp3) is 0.350. The molecule has 1 N–H and O–H groups in total. The normalized spacial score (nSPS) is 10.6. The molecule has 0 aliphatic heterocycles. The van der Waals surface area contributed by atoms with Crippen molar-refractivity contribution in [3.63, 3.8) is 0 Å². The van der Waals surface area contributed by atoms with Crippen molar-refractivity contribution >= 4 is 29.0 Å². The molecule has 0 aliphatic carbocycles. The largest absolute Gasteiger partial charge is 0.497 e. The highest BCUT2D eigenvalue weighted by molar-refractivity contribution is 7.99. The van der Waals surface area contributed by atoms with Crippen molar-refractivity contribution in [1.82, 2.24) is 0 Å². The molecular weight excluding hydrogens is 380 g/mol. The fourth-order valence-corrected chi connectivity index (χ4v) is 3.67. The Morgan fingerprint density at radius 2 is 1.79 bits per heavy atom. The van der Waals surface area contributed by atoms with E-state index in [1.165, 1.54) is 32.0 Å². The molecule has 2 aromatic rings. The zero-order valence-electron chi connectivity index (χ0n) is 16.4. The molecule has 0 bridgehead atoms. The number of carbonyl (C=O) groups is 1. The van der Waals surface area contributed by atoms with E-state index in [9.17, 15) is 14.9 Å². The second-order valence-corrected chi connectivity index (χ2v) is 7.66. The van der Waals surface area contributed by atoms with E-state index in [0.717, 1.165) is 12.2 Å². The lowest BCUT2D eigenvalue weighted by molar-refractivity contribution is -0.387. The van der Waals surface area contributed by atoms with Crippen LogP contribution in [0.2, 0.25) is 0 Å². The van der Waals surface area contributed by atoms with Crippen molar-refractivity contribution in [2.75, 3.05) is 25.3 Å². The molecule has 0 unspecified atom stereocenters. The second-order valence-electron chi connectivity index (χ2n) is 6.53. The SMILES string of the molecule is COc1cc(NC(=O)c2ccc(SCCC(C)C)c([N+](=O)[O-])c2)cc(OC)c1. The van der Waals surface area contributed by atoms with E-state index in [2.05, 4.69) is 19.2 Å². The minimum atomic E-state index is -0.455. The number of benzene rings is 2. The van der Waals surface area contributed by atoms with Crippen LogP contribution < -0.4 is 14.8 Å². The van der Waals surface area contributed by atoms with Crippen LogP contribution in [0.15, 0.2) is 41.3 Å². The van der Waals surface area contributed by atoms with Crippen molar-refractivity contribution in [3.8, 4) is 11.5 Å². The maximum atomic E-state index is 12.6. The van der Waals surface area contributed by atoms with Gasteiger partial charge in [0.1, 0.15) is 11.5 Å². The van der Waals surface area contributed by atoms with Crippen LogP contribution in [-0.2, 0) is 0 Å². The maximum Gasteiger partial charge on any atom is 0.283 e. The van der Waals surface area contributed by atoms with Crippen LogP contribution >= 0.6 is 11.8 Å². The molecule has 150 valence electrons. The van der Waals surface area contributed by atoms with Gasteiger partial charge in [-0.3, -0.25) is 14.9 Å². The highest BCUT2D eigenvalue weighted by atomic mass is 32.2. The molecule has 0 radical (unpaired) electrons. The van der Waals surface area contributed by atoms with E-state index < -0.39 is 10.8 Å². The molecule has 0 heterocycles. The lowest BCUT2D eigenvalue weighted by Crippen LogP contribution is -2.12. The lowest BCUT2D eigenvalue weighted by atomic mass is 10.1. The van der Waals surface area contributed by atoms with E-state index in [-0.39, 0.29) is 11.3 Å². The van der Waals surface area contributed by atoms with Gasteiger partial charge in [0, 0.05) is 35.5 Å². The van der Waals surface area contributed by atoms with Gasteiger partial charge in [0.05, 0.1) is 24.0 Å². The molecule has 1 amide bonds. The van der Waals surface area contributed by atoms with Crippen LogP contribution in [-0.4, -0.2) is 30.8 Å². The third-order valence-corrected chi connectivity index (χ3v) is 5.08. The van der Waals surface area contributed by atoms with E-state index in [1.807, 2.05) is 0 Å². The molecule has 0 atom stereocenters. The molecule has 0 saturated heterocycles. The Labute approximate surface area is 168 Å². The quantitative estimate of drug-likeness (QED) is 0.359. The molecule has 0 aliphatic rings. The highest BCUT2D eigenvalue weighted by Crippen LogP contribution is 2.32. The molecule has 8 heteroatoms. The van der Waals surface area contributed by atoms with Crippen LogP contribution in [0.4, 0.5) is 11.4 Å². The first-order chi connectivity index (χ1) is 13.3. The second kappa shape index (κ2) is 9.98. The zero-order valence-corrected chi connectivity index (χ0v) is 17.2. The number of hydrogen-bond acceptors (Lipinski definition) is 6. The standard InChI is InChI=1S/C20H24N2O5S/c1-13(2)7-8-28-19-6-5-14(9-18(19)22(24)25)20(23)21-15-10-16(26-3)12-17(11-15)27-4/h5-6,9-13H,7-8H2,1-4H3,(H,21,23). The average molecular weight is 404 g/mol. The van der Waals surface area contributed by atoms with Crippen LogP contribution in [0.3, 0.4) is 0 Å². The smallest absolute Gasteiger partial charge is 0.283 e. The van der Waals surface area contributed by atoms with E-state index in [4.69, 9.17) is 9.47 Å². The maximum absolute atomic E-state index is 12.6. The number of amides is 1. The fourth-order valence-electron chi connectivity index (χ4n) is 2.41. The molecule has 0 fully saturated rings. The predicted molar refractivity (Wildman–Crippen MR) is 111 cm³/mol. The van der Waals surface area contributed by atoms with Crippen molar-refractivity contribution in [2.45, 2.75) is 25.2 Å². The third kappa shape index (κ3) is 5.88. The molecule has 2 aromatic carbocycles. The van der Waals surface area contributed by atoms with Gasteiger partial charge >= 0.3 is 0 Å². The number of ether oxygens (including phenoxy) is 2. The van der Waals surface area contributed by atoms with Crippen LogP contribution in [0.5, 0.6) is 11.5 Å². The molecule has 0 spiro atoms. The molecule has 7 nitrogen and oxygen atoms in total. The van der Waals surface area contributed by atoms with Gasteiger partial charge in [-0.05, 0) is 30.2 Å². The Balaban J connectivity index is 2.21. The van der Waals surface area contributed by atoms with Crippen molar-refractivity contribution < 1.29 is 19.2 Å². The van der Waals surface area contributed by atoms with Gasteiger partial charge in [0.15, 0.2) is 0 Å². The Kier molecular flexibility index (Phi) is 7.69. The first kappa shape index (κ1) is 21.6. The van der Waals surface area contributed by atoms with Gasteiger partial charge in [-0.2, -0.15) is 0 Å². The van der Waals surface area contributed by atoms with Crippen LogP contribution in [0.25, 0.3) is 0 Å². The van der Waals surface area contributed by atoms with Crippen LogP contribution in [0, 0.1) is 16.0 Å². The average Bonchev–Trinajstić information content (AvgIpc) is 2.67. The monoisotopic (exact) mass is 404 g/mol. The first-order valence-electron chi connectivity index (χ1n) is 8.79. The van der Waals surface area contributed by atoms with Crippen LogP contribution in [0.1, 0.15) is 30.6 Å². The Morgan fingerprint density at radius 1 is 1.14 bits per heavy atom. The summed E-state index contributed by atoms with van der Waals surface area (Å²) in [6.07, 6.45) is 0.960. The minimum absolute atomic E-state index is 0.0652. The number of nitro benzene ring substituents is 1. The third-order valence-electron chi connectivity index (χ3n) is 3.98. The summed E-state index contributed by atoms with van der Waals surface area (Å²) in [5, 5.41) is 14.2. The number of hydrogen-bond donors (Lipinski definition) is 1. The van der Waals surface area contributed by atoms with Gasteiger partial charge in [-0.1, -0.05) is 13.8 Å². The molecular formula is C20H24N2O5S. The summed E-state index contributed by atoms with van der Waals surface area (Å²) in [7, 11) is 3.03. The first-order valence-corrected chi connectivity index (χ1v) is 9.78. The van der Waals surface area contributed by atoms with Crippen molar-refractivity contribution in [1.29, 1.82) is 0 Å². The summed E-state index contributed by atoms with van der Waals surface area (Å²) in [5.74, 6) is 1.91. The highest BCUT2D eigenvalue weighted by Gasteiger charge is 2.18. The van der Waals surface area contributed by atoms with E-state index in [0.29, 0.717) is 28.0 Å². The molecule has 28 heavy (non-hydrogen) atoms. The zero-order chi connectivity index (χ0) is 20.7. The molecule has 0 saturated carbocycles. The molecule has 2 rings (SSSR count). The summed E-state index contributed by atoms with van der Waals surface area (Å²) in [5.41, 5.74) is 0.616. The number of methoxy groups -OCH3 is 2. The lowest BCUT2D eigenvalue weighted by Gasteiger charge is -2.10. The van der Waals surface area contributed by atoms with Gasteiger partial charge in [-0.15, -0.1) is 11.8 Å². The Bertz CT molecular complexity index is 832. The topological polar surface area (TPSA) is 90.7 Å². The van der Waals surface area contributed by atoms with Crippen molar-refractivity contribution in [3.05, 3.63) is 52.1 Å².